The molecule has 0 saturated heterocycles. The van der Waals surface area contributed by atoms with Crippen molar-refractivity contribution in [2.45, 2.75) is 47.0 Å². The van der Waals surface area contributed by atoms with Gasteiger partial charge in [-0.25, -0.2) is 43.1 Å². The van der Waals surface area contributed by atoms with E-state index in [9.17, 15) is 27.6 Å². The number of nitrogens with zero attached hydrogens (tertiary/aromatic N) is 15. The zero-order chi connectivity index (χ0) is 76.7. The van der Waals surface area contributed by atoms with Crippen molar-refractivity contribution in [1.29, 1.82) is 0 Å². The van der Waals surface area contributed by atoms with Crippen molar-refractivity contribution >= 4 is 101 Å². The molecule has 0 bridgehead atoms. The van der Waals surface area contributed by atoms with Crippen molar-refractivity contribution in [2.24, 2.45) is 17.8 Å². The van der Waals surface area contributed by atoms with Crippen LogP contribution in [0, 0.1) is 35.2 Å². The van der Waals surface area contributed by atoms with Crippen LogP contribution in [0.15, 0.2) is 202 Å². The minimum absolute atomic E-state index is 0.0315. The molecular weight excluding hydrogens is 1430 g/mol. The van der Waals surface area contributed by atoms with Gasteiger partial charge in [0.15, 0.2) is 34.4 Å². The molecule has 3 amide bonds. The zero-order valence-corrected chi connectivity index (χ0v) is 60.0. The van der Waals surface area contributed by atoms with Crippen LogP contribution in [0.2, 0.25) is 0 Å². The zero-order valence-electron chi connectivity index (χ0n) is 60.0. The summed E-state index contributed by atoms with van der Waals surface area (Å²) in [7, 11) is 0. The second-order valence-corrected chi connectivity index (χ2v) is 27.5. The minimum Gasteiger partial charge on any atom is -0.335 e. The molecule has 15 heterocycles. The fourth-order valence-corrected chi connectivity index (χ4v) is 12.8. The van der Waals surface area contributed by atoms with Crippen LogP contribution < -0.4 is 16.0 Å². The van der Waals surface area contributed by atoms with Crippen molar-refractivity contribution in [3.63, 3.8) is 0 Å². The Morgan fingerprint density at radius 1 is 0.393 bits per heavy atom. The summed E-state index contributed by atoms with van der Waals surface area (Å²) in [5.74, 6) is 0.950. The maximum atomic E-state index is 13.5. The number of imidazole rings is 3. The second-order valence-electron chi connectivity index (χ2n) is 27.5. The molecule has 0 unspecified atom stereocenters. The first-order valence-electron chi connectivity index (χ1n) is 35.6. The molecule has 1 saturated carbocycles. The molecule has 18 aromatic rings. The first kappa shape index (κ1) is 70.0. The smallest absolute Gasteiger partial charge is 0.227 e. The maximum absolute atomic E-state index is 13.5. The molecule has 0 atom stereocenters. The van der Waals surface area contributed by atoms with Gasteiger partial charge in [-0.3, -0.25) is 59.6 Å². The van der Waals surface area contributed by atoms with Gasteiger partial charge < -0.3 is 30.9 Å². The SMILES string of the molecule is CC(C)C(=O)Nc1cncc(-c2cnc3n[nH]c(-c4nc5c(-c6ccc(F)cc6)cncc5[nH]4)c3c2)c1.CC(C)CC(=O)Nc1cncc(-c2cnc3n[nH]c(-c4nc5c(-c6ccc(F)cc6)cncc5[nH]4)c3c2)c1.O=C(Nc1cncc(-c2cnc3n[nH]c(-c4nc5c(-c6ccc(F)cc6)cncc5[nH]4)c3c2)c1)C1CC1. The van der Waals surface area contributed by atoms with Crippen LogP contribution in [0.4, 0.5) is 30.2 Å². The summed E-state index contributed by atoms with van der Waals surface area (Å²) < 4.78 is 40.3. The van der Waals surface area contributed by atoms with E-state index < -0.39 is 0 Å². The topological polar surface area (TPSA) is 375 Å². The Kier molecular flexibility index (Phi) is 18.5. The van der Waals surface area contributed by atoms with Gasteiger partial charge in [0, 0.05) is 124 Å². The highest BCUT2D eigenvalue weighted by molar-refractivity contribution is 6.02. The minimum atomic E-state index is -0.304. The van der Waals surface area contributed by atoms with Gasteiger partial charge in [0.2, 0.25) is 17.7 Å². The quantitative estimate of drug-likeness (QED) is 0.0434. The first-order valence-corrected chi connectivity index (χ1v) is 35.6. The van der Waals surface area contributed by atoms with Crippen molar-refractivity contribution < 1.29 is 27.6 Å². The van der Waals surface area contributed by atoms with Gasteiger partial charge in [0.1, 0.15) is 34.5 Å². The monoisotopic (exact) mass is 1490 g/mol. The van der Waals surface area contributed by atoms with E-state index in [0.717, 1.165) is 112 Å². The highest BCUT2D eigenvalue weighted by atomic mass is 19.1. The number of carbonyl (C=O) groups is 3. The van der Waals surface area contributed by atoms with E-state index in [1.54, 1.807) is 129 Å². The van der Waals surface area contributed by atoms with Crippen LogP contribution in [0.1, 0.15) is 47.0 Å². The van der Waals surface area contributed by atoms with Gasteiger partial charge in [-0.05, 0) is 108 Å². The molecule has 0 aliphatic heterocycles. The number of rotatable bonds is 16. The van der Waals surface area contributed by atoms with E-state index in [0.29, 0.717) is 91.5 Å². The predicted molar refractivity (Wildman–Crippen MR) is 419 cm³/mol. The number of anilines is 3. The van der Waals surface area contributed by atoms with Crippen LogP contribution in [-0.4, -0.2) is 123 Å². The van der Waals surface area contributed by atoms with Crippen molar-refractivity contribution in [3.05, 3.63) is 220 Å². The molecule has 1 aliphatic rings. The Bertz CT molecular complexity index is 6370. The number of pyridine rings is 9. The molecule has 1 aliphatic carbocycles. The third-order valence-electron chi connectivity index (χ3n) is 18.7. The predicted octanol–water partition coefficient (Wildman–Crippen LogP) is 16.2. The normalized spacial score (nSPS) is 12.1. The van der Waals surface area contributed by atoms with E-state index in [1.807, 2.05) is 64.1 Å². The number of H-pyrrole nitrogens is 6. The Labute approximate surface area is 632 Å². The molecule has 15 aromatic heterocycles. The Hall–Kier alpha value is -15.0. The summed E-state index contributed by atoms with van der Waals surface area (Å²) in [5, 5.41) is 33.2. The average molecular weight is 1490 g/mol. The van der Waals surface area contributed by atoms with Crippen molar-refractivity contribution in [3.8, 4) is 101 Å². The van der Waals surface area contributed by atoms with Crippen molar-refractivity contribution in [2.75, 3.05) is 16.0 Å². The molecule has 9 N–H and O–H groups in total. The summed E-state index contributed by atoms with van der Waals surface area (Å²) in [5.41, 5.74) is 19.6. The Morgan fingerprint density at radius 2 is 0.723 bits per heavy atom. The van der Waals surface area contributed by atoms with Gasteiger partial charge in [0.25, 0.3) is 0 Å². The third kappa shape index (κ3) is 14.6. The third-order valence-corrected chi connectivity index (χ3v) is 18.7. The molecule has 0 radical (unpaired) electrons. The number of hydrogen-bond donors (Lipinski definition) is 9. The van der Waals surface area contributed by atoms with Crippen LogP contribution in [0.5, 0.6) is 0 Å². The van der Waals surface area contributed by atoms with E-state index >= 15 is 0 Å². The van der Waals surface area contributed by atoms with Crippen LogP contribution >= 0.6 is 0 Å². The van der Waals surface area contributed by atoms with Gasteiger partial charge in [-0.2, -0.15) is 15.3 Å². The van der Waals surface area contributed by atoms with Crippen LogP contribution in [-0.2, 0) is 14.4 Å². The second kappa shape index (κ2) is 29.6. The van der Waals surface area contributed by atoms with Gasteiger partial charge >= 0.3 is 0 Å². The molecule has 550 valence electrons. The molecular formula is C82H63F3N24O3. The lowest BCUT2D eigenvalue weighted by molar-refractivity contribution is -0.119. The number of amides is 3. The Balaban J connectivity index is 0.000000122. The first-order chi connectivity index (χ1) is 54.5. The molecule has 3 aromatic carbocycles. The average Bonchev–Trinajstić information content (AvgIpc) is 1.62. The molecule has 1 fully saturated rings. The molecule has 19 rings (SSSR count). The Morgan fingerprint density at radius 3 is 1.06 bits per heavy atom. The summed E-state index contributed by atoms with van der Waals surface area (Å²) >= 11 is 0. The number of aromatic amines is 6. The number of nitrogens with one attached hydrogen (secondary N) is 9. The summed E-state index contributed by atoms with van der Waals surface area (Å²) in [4.78, 5) is 100. The lowest BCUT2D eigenvalue weighted by atomic mass is 10.1. The van der Waals surface area contributed by atoms with Crippen LogP contribution in [0.25, 0.3) is 168 Å². The lowest BCUT2D eigenvalue weighted by Crippen LogP contribution is -2.17. The molecule has 27 nitrogen and oxygen atoms in total. The fraction of sp³-hybridized carbons (Fsp3) is 0.122. The van der Waals surface area contributed by atoms with E-state index in [2.05, 4.69) is 106 Å². The highest BCUT2D eigenvalue weighted by Crippen LogP contribution is 2.38. The maximum Gasteiger partial charge on any atom is 0.227 e. The number of hydrogen-bond acceptors (Lipinski definition) is 18. The summed E-state index contributed by atoms with van der Waals surface area (Å²) in [6.45, 7) is 7.67. The van der Waals surface area contributed by atoms with E-state index in [-0.39, 0.29) is 52.9 Å². The summed E-state index contributed by atoms with van der Waals surface area (Å²) in [6, 6.07) is 30.2. The van der Waals surface area contributed by atoms with Crippen molar-refractivity contribution in [1.82, 2.24) is 105 Å². The molecule has 112 heavy (non-hydrogen) atoms. The largest absolute Gasteiger partial charge is 0.335 e. The van der Waals surface area contributed by atoms with E-state index in [4.69, 9.17) is 15.0 Å². The standard InChI is InChI=1S/C28H23FN8O.C27H19FN8O.C27H21FN8O/c1-15(2)7-24(38)33-20-8-17(10-30-12-20)18-9-21-26(36-37-27(21)32-11-18)28-34-23-14-31-13-22(25(23)35-28)16-3-5-19(29)6-4-16;28-18-5-3-14(4-6-18)21-12-30-13-22-23(21)34-26(33-22)24-20-8-17(10-31-25(20)36-35-24)16-7-19(11-29-9-16)32-27(37)15-1-2-15;1-14(2)27(37)32-19-7-16(9-29-11-19)17-8-20-24(35-36-25(20)31-10-17)26-33-22-13-30-12-21(23(22)34-26)15-3-5-18(28)6-4-15/h3-6,8-15H,7H2,1-2H3,(H,33,38)(H,34,35)(H,32,36,37);3-13,15H,1-2H2,(H,32,37)(H,33,34)(H,31,35,36);3-14H,1-2H3,(H,32,37)(H,33,34)(H,31,35,36). The van der Waals surface area contributed by atoms with E-state index in [1.165, 1.54) is 36.4 Å². The number of aromatic nitrogens is 21. The molecule has 30 heteroatoms. The lowest BCUT2D eigenvalue weighted by Gasteiger charge is -2.09. The fourth-order valence-electron chi connectivity index (χ4n) is 12.8. The summed E-state index contributed by atoms with van der Waals surface area (Å²) in [6.07, 6.45) is 27.8. The highest BCUT2D eigenvalue weighted by Gasteiger charge is 2.30. The number of halogens is 3. The van der Waals surface area contributed by atoms with Gasteiger partial charge in [0.05, 0.1) is 104 Å². The number of benzene rings is 3. The van der Waals surface area contributed by atoms with Gasteiger partial charge in [-0.15, -0.1) is 0 Å². The molecule has 0 spiro atoms. The van der Waals surface area contributed by atoms with Gasteiger partial charge in [-0.1, -0.05) is 64.1 Å². The van der Waals surface area contributed by atoms with Crippen LogP contribution in [0.3, 0.4) is 0 Å². The number of carbonyl (C=O) groups excluding carboxylic acids is 3. The number of fused-ring (bicyclic) bond motifs is 6.